The predicted octanol–water partition coefficient (Wildman–Crippen LogP) is 3.47. The van der Waals surface area contributed by atoms with Crippen molar-refractivity contribution >= 4 is 23.2 Å². The molecule has 0 unspecified atom stereocenters. The number of carbonyl (C=O) groups excluding carboxylic acids is 2. The normalized spacial score (nSPS) is 15.4. The van der Waals surface area contributed by atoms with Crippen LogP contribution >= 0.6 is 0 Å². The Morgan fingerprint density at radius 1 is 1.08 bits per heavy atom. The lowest BCUT2D eigenvalue weighted by molar-refractivity contribution is -0.121. The van der Waals surface area contributed by atoms with Crippen LogP contribution in [0.5, 0.6) is 0 Å². The molecule has 1 N–H and O–H groups in total. The maximum Gasteiger partial charge on any atom is 0.255 e. The summed E-state index contributed by atoms with van der Waals surface area (Å²) in [5.41, 5.74) is 1.41. The summed E-state index contributed by atoms with van der Waals surface area (Å²) in [6.45, 7) is 3.64. The minimum atomic E-state index is -1.08. The topological polar surface area (TPSA) is 49.4 Å². The van der Waals surface area contributed by atoms with Gasteiger partial charge >= 0.3 is 0 Å². The van der Waals surface area contributed by atoms with E-state index in [0.29, 0.717) is 5.69 Å². The van der Waals surface area contributed by atoms with Crippen molar-refractivity contribution in [2.75, 3.05) is 17.3 Å². The van der Waals surface area contributed by atoms with Crippen molar-refractivity contribution < 1.29 is 18.4 Å². The minimum absolute atomic E-state index is 0.0156. The highest BCUT2D eigenvalue weighted by atomic mass is 19.2. The van der Waals surface area contributed by atoms with E-state index in [1.807, 2.05) is 13.8 Å². The molecule has 0 atom stereocenters. The van der Waals surface area contributed by atoms with Gasteiger partial charge in [0.1, 0.15) is 0 Å². The van der Waals surface area contributed by atoms with Gasteiger partial charge in [-0.05, 0) is 55.8 Å². The molecule has 0 fully saturated rings. The molecule has 124 valence electrons. The molecule has 0 aliphatic carbocycles. The Morgan fingerprint density at radius 3 is 2.46 bits per heavy atom. The molecular weight excluding hydrogens is 314 g/mol. The van der Waals surface area contributed by atoms with Gasteiger partial charge in [0.25, 0.3) is 5.91 Å². The highest BCUT2D eigenvalue weighted by Crippen LogP contribution is 2.41. The number of likely N-dealkylation sites (N-methyl/N-ethyl adjacent to an activating group) is 1. The third-order valence-electron chi connectivity index (χ3n) is 4.31. The number of hydrogen-bond acceptors (Lipinski definition) is 2. The fourth-order valence-corrected chi connectivity index (χ4v) is 2.89. The largest absolute Gasteiger partial charge is 0.322 e. The first-order valence-electron chi connectivity index (χ1n) is 7.41. The second-order valence-electron chi connectivity index (χ2n) is 6.30. The van der Waals surface area contributed by atoms with Gasteiger partial charge in [-0.1, -0.05) is 0 Å². The minimum Gasteiger partial charge on any atom is -0.322 e. The molecule has 6 heteroatoms. The summed E-state index contributed by atoms with van der Waals surface area (Å²) >= 11 is 0. The third kappa shape index (κ3) is 2.44. The predicted molar refractivity (Wildman–Crippen MR) is 87.2 cm³/mol. The number of carbonyl (C=O) groups is 2. The number of amides is 2. The van der Waals surface area contributed by atoms with Gasteiger partial charge in [-0.15, -0.1) is 0 Å². The van der Waals surface area contributed by atoms with Crippen molar-refractivity contribution in [3.63, 3.8) is 0 Å². The van der Waals surface area contributed by atoms with Gasteiger partial charge in [-0.2, -0.15) is 0 Å². The number of benzene rings is 2. The number of rotatable bonds is 2. The summed E-state index contributed by atoms with van der Waals surface area (Å²) in [6.07, 6.45) is 0. The van der Waals surface area contributed by atoms with Crippen LogP contribution in [-0.4, -0.2) is 18.9 Å². The van der Waals surface area contributed by atoms with Crippen LogP contribution < -0.4 is 10.2 Å². The van der Waals surface area contributed by atoms with Gasteiger partial charge < -0.3 is 10.2 Å². The van der Waals surface area contributed by atoms with Crippen LogP contribution in [0.15, 0.2) is 36.4 Å². The number of anilines is 2. The molecule has 0 saturated heterocycles. The molecule has 0 bridgehead atoms. The Morgan fingerprint density at radius 2 is 1.79 bits per heavy atom. The average Bonchev–Trinajstić information content (AvgIpc) is 2.71. The van der Waals surface area contributed by atoms with Gasteiger partial charge in [0.2, 0.25) is 5.91 Å². The zero-order valence-electron chi connectivity index (χ0n) is 13.5. The summed E-state index contributed by atoms with van der Waals surface area (Å²) in [7, 11) is 1.70. The molecule has 3 rings (SSSR count). The van der Waals surface area contributed by atoms with Gasteiger partial charge in [-0.3, -0.25) is 9.59 Å². The van der Waals surface area contributed by atoms with E-state index in [2.05, 4.69) is 5.32 Å². The summed E-state index contributed by atoms with van der Waals surface area (Å²) in [5.74, 6) is -2.66. The van der Waals surface area contributed by atoms with E-state index in [1.165, 1.54) is 6.07 Å². The zero-order chi connectivity index (χ0) is 17.6. The Balaban J connectivity index is 1.90. The summed E-state index contributed by atoms with van der Waals surface area (Å²) in [4.78, 5) is 26.0. The number of nitrogens with zero attached hydrogens (tertiary/aromatic N) is 1. The van der Waals surface area contributed by atoms with Crippen molar-refractivity contribution in [1.29, 1.82) is 0 Å². The fraction of sp³-hybridized carbons (Fsp3) is 0.222. The van der Waals surface area contributed by atoms with E-state index in [4.69, 9.17) is 0 Å². The second-order valence-corrected chi connectivity index (χ2v) is 6.30. The molecule has 0 saturated carbocycles. The monoisotopic (exact) mass is 330 g/mol. The Hall–Kier alpha value is -2.76. The van der Waals surface area contributed by atoms with Crippen molar-refractivity contribution in [3.05, 3.63) is 59.2 Å². The summed E-state index contributed by atoms with van der Waals surface area (Å²) in [5, 5.41) is 2.64. The molecular formula is C18H16F2N2O2. The van der Waals surface area contributed by atoms with Crippen LogP contribution in [0, 0.1) is 11.6 Å². The van der Waals surface area contributed by atoms with Gasteiger partial charge in [0, 0.05) is 24.0 Å². The van der Waals surface area contributed by atoms with E-state index in [-0.39, 0.29) is 11.5 Å². The molecule has 1 aliphatic heterocycles. The first kappa shape index (κ1) is 16.1. The molecule has 24 heavy (non-hydrogen) atoms. The van der Waals surface area contributed by atoms with Crippen LogP contribution in [0.1, 0.15) is 29.8 Å². The highest BCUT2D eigenvalue weighted by molar-refractivity contribution is 6.08. The maximum absolute atomic E-state index is 13.2. The van der Waals surface area contributed by atoms with Gasteiger partial charge in [0.05, 0.1) is 5.41 Å². The van der Waals surface area contributed by atoms with Gasteiger partial charge in [0.15, 0.2) is 11.6 Å². The van der Waals surface area contributed by atoms with Crippen LogP contribution in [-0.2, 0) is 10.2 Å². The Bertz CT molecular complexity index is 862. The number of nitrogens with one attached hydrogen (secondary N) is 1. The zero-order valence-corrected chi connectivity index (χ0v) is 13.5. The molecule has 0 spiro atoms. The van der Waals surface area contributed by atoms with E-state index >= 15 is 0 Å². The lowest BCUT2D eigenvalue weighted by atomic mass is 9.86. The van der Waals surface area contributed by atoms with E-state index in [0.717, 1.165) is 23.4 Å². The maximum atomic E-state index is 13.2. The standard InChI is InChI=1S/C18H16F2N2O2/c1-18(2)12-9-11(5-7-15(12)22(3)17(18)24)21-16(23)10-4-6-13(19)14(20)8-10/h4-9H,1-3H3,(H,21,23). The van der Waals surface area contributed by atoms with Crippen LogP contribution in [0.3, 0.4) is 0 Å². The number of hydrogen-bond donors (Lipinski definition) is 1. The average molecular weight is 330 g/mol. The van der Waals surface area contributed by atoms with Crippen LogP contribution in [0.25, 0.3) is 0 Å². The lowest BCUT2D eigenvalue weighted by Crippen LogP contribution is -2.33. The number of halogens is 2. The van der Waals surface area contributed by atoms with E-state index < -0.39 is 23.0 Å². The van der Waals surface area contributed by atoms with Crippen molar-refractivity contribution in [1.82, 2.24) is 0 Å². The second kappa shape index (κ2) is 5.40. The summed E-state index contributed by atoms with van der Waals surface area (Å²) < 4.78 is 26.2. The highest BCUT2D eigenvalue weighted by Gasteiger charge is 2.42. The quantitative estimate of drug-likeness (QED) is 0.916. The molecule has 1 aliphatic rings. The van der Waals surface area contributed by atoms with Crippen LogP contribution in [0.2, 0.25) is 0 Å². The van der Waals surface area contributed by atoms with Crippen molar-refractivity contribution in [2.45, 2.75) is 19.3 Å². The number of fused-ring (bicyclic) bond motifs is 1. The molecule has 2 amide bonds. The fourth-order valence-electron chi connectivity index (χ4n) is 2.89. The van der Waals surface area contributed by atoms with Gasteiger partial charge in [-0.25, -0.2) is 8.78 Å². The molecule has 4 nitrogen and oxygen atoms in total. The first-order chi connectivity index (χ1) is 11.2. The molecule has 0 aromatic heterocycles. The first-order valence-corrected chi connectivity index (χ1v) is 7.41. The SMILES string of the molecule is CN1C(=O)C(C)(C)c2cc(NC(=O)c3ccc(F)c(F)c3)ccc21. The molecule has 0 radical (unpaired) electrons. The van der Waals surface area contributed by atoms with Crippen LogP contribution in [0.4, 0.5) is 20.2 Å². The van der Waals surface area contributed by atoms with Crippen molar-refractivity contribution in [3.8, 4) is 0 Å². The van der Waals surface area contributed by atoms with E-state index in [9.17, 15) is 18.4 Å². The summed E-state index contributed by atoms with van der Waals surface area (Å²) in [6, 6.07) is 8.12. The lowest BCUT2D eigenvalue weighted by Gasteiger charge is -2.16. The van der Waals surface area contributed by atoms with E-state index in [1.54, 1.807) is 30.1 Å². The smallest absolute Gasteiger partial charge is 0.255 e. The molecule has 2 aromatic rings. The Labute approximate surface area is 138 Å². The molecule has 1 heterocycles. The van der Waals surface area contributed by atoms with Crippen molar-refractivity contribution in [2.24, 2.45) is 0 Å². The Kier molecular flexibility index (Phi) is 3.63. The third-order valence-corrected chi connectivity index (χ3v) is 4.31. The molecule has 2 aromatic carbocycles.